The van der Waals surface area contributed by atoms with Crippen molar-refractivity contribution in [1.82, 2.24) is 15.6 Å². The lowest BCUT2D eigenvalue weighted by Gasteiger charge is -2.42. The minimum atomic E-state index is -0.500. The number of ether oxygens (including phenoxy) is 1. The van der Waals surface area contributed by atoms with E-state index in [1.54, 1.807) is 12.1 Å². The van der Waals surface area contributed by atoms with Crippen LogP contribution in [0, 0.1) is 6.92 Å². The maximum atomic E-state index is 12.0. The summed E-state index contributed by atoms with van der Waals surface area (Å²) in [5.74, 6) is 0.186. The van der Waals surface area contributed by atoms with E-state index in [2.05, 4.69) is 15.6 Å². The van der Waals surface area contributed by atoms with E-state index >= 15 is 0 Å². The van der Waals surface area contributed by atoms with Crippen molar-refractivity contribution >= 4 is 6.09 Å². The first kappa shape index (κ1) is 17.5. The monoisotopic (exact) mass is 321 g/mol. The summed E-state index contributed by atoms with van der Waals surface area (Å²) in [6, 6.07) is 3.42. The molecule has 0 aromatic carbocycles. The highest BCUT2D eigenvalue weighted by molar-refractivity contribution is 5.69. The van der Waals surface area contributed by atoms with Crippen molar-refractivity contribution in [2.45, 2.75) is 64.6 Å². The van der Waals surface area contributed by atoms with E-state index in [0.717, 1.165) is 25.0 Å². The summed E-state index contributed by atoms with van der Waals surface area (Å²) in [7, 11) is 0. The Hall–Kier alpha value is -1.82. The Kier molecular flexibility index (Phi) is 5.14. The zero-order valence-corrected chi connectivity index (χ0v) is 14.4. The van der Waals surface area contributed by atoms with Crippen LogP contribution in [0.3, 0.4) is 0 Å². The van der Waals surface area contributed by atoms with Gasteiger partial charge in [-0.15, -0.1) is 0 Å². The number of hydrogen-bond acceptors (Lipinski definition) is 5. The van der Waals surface area contributed by atoms with E-state index in [1.165, 1.54) is 0 Å². The van der Waals surface area contributed by atoms with Crippen molar-refractivity contribution in [3.05, 3.63) is 23.5 Å². The molecule has 0 spiro atoms. The Labute approximate surface area is 137 Å². The number of rotatable bonds is 5. The molecule has 1 saturated carbocycles. The van der Waals surface area contributed by atoms with Crippen molar-refractivity contribution in [3.63, 3.8) is 0 Å². The zero-order chi connectivity index (χ0) is 17.1. The van der Waals surface area contributed by atoms with E-state index in [4.69, 9.17) is 4.74 Å². The number of pyridine rings is 1. The third-order valence-electron chi connectivity index (χ3n) is 3.92. The standard InChI is InChI=1S/C17H27N3O3/c1-12-6-7-14(21)13(19-12)10-18-11-17(8-5-9-17)20-15(22)23-16(2,3)4/h6-7,18,21H,5,8-11H2,1-4H3,(H,20,22). The second-order valence-electron chi connectivity index (χ2n) is 7.28. The highest BCUT2D eigenvalue weighted by atomic mass is 16.6. The Bertz CT molecular complexity index is 563. The number of carbonyl (C=O) groups is 1. The van der Waals surface area contributed by atoms with E-state index in [-0.39, 0.29) is 17.4 Å². The molecule has 1 aliphatic rings. The van der Waals surface area contributed by atoms with E-state index in [9.17, 15) is 9.90 Å². The van der Waals surface area contributed by atoms with Crippen LogP contribution >= 0.6 is 0 Å². The van der Waals surface area contributed by atoms with Gasteiger partial charge < -0.3 is 20.5 Å². The second kappa shape index (κ2) is 6.74. The van der Waals surface area contributed by atoms with Crippen LogP contribution in [0.2, 0.25) is 0 Å². The Balaban J connectivity index is 1.87. The molecular formula is C17H27N3O3. The molecule has 6 heteroatoms. The molecule has 23 heavy (non-hydrogen) atoms. The Morgan fingerprint density at radius 3 is 2.65 bits per heavy atom. The molecule has 1 amide bonds. The summed E-state index contributed by atoms with van der Waals surface area (Å²) in [5, 5.41) is 16.1. The van der Waals surface area contributed by atoms with E-state index in [0.29, 0.717) is 18.8 Å². The predicted octanol–water partition coefficient (Wildman–Crippen LogP) is 2.63. The minimum absolute atomic E-state index is 0.186. The quantitative estimate of drug-likeness (QED) is 0.776. The first-order chi connectivity index (χ1) is 10.7. The third kappa shape index (κ3) is 5.10. The smallest absolute Gasteiger partial charge is 0.408 e. The van der Waals surface area contributed by atoms with Crippen LogP contribution in [-0.4, -0.2) is 33.9 Å². The molecule has 1 aromatic heterocycles. The van der Waals surface area contributed by atoms with Crippen molar-refractivity contribution in [2.24, 2.45) is 0 Å². The number of hydrogen-bond donors (Lipinski definition) is 3. The van der Waals surface area contributed by atoms with Gasteiger partial charge >= 0.3 is 6.09 Å². The summed E-state index contributed by atoms with van der Waals surface area (Å²) in [5.41, 5.74) is 0.725. The second-order valence-corrected chi connectivity index (χ2v) is 7.28. The van der Waals surface area contributed by atoms with Crippen molar-refractivity contribution in [3.8, 4) is 5.75 Å². The molecule has 3 N–H and O–H groups in total. The summed E-state index contributed by atoms with van der Waals surface area (Å²) in [4.78, 5) is 16.3. The molecule has 1 heterocycles. The number of aromatic nitrogens is 1. The van der Waals surface area contributed by atoms with Crippen LogP contribution in [0.4, 0.5) is 4.79 Å². The van der Waals surface area contributed by atoms with Gasteiger partial charge in [0.05, 0.1) is 11.2 Å². The highest BCUT2D eigenvalue weighted by Crippen LogP contribution is 2.31. The molecule has 1 aromatic rings. The number of amides is 1. The largest absolute Gasteiger partial charge is 0.506 e. The number of aryl methyl sites for hydroxylation is 1. The molecule has 0 bridgehead atoms. The number of nitrogens with one attached hydrogen (secondary N) is 2. The summed E-state index contributed by atoms with van der Waals surface area (Å²) < 4.78 is 5.34. The minimum Gasteiger partial charge on any atom is -0.506 e. The SMILES string of the molecule is Cc1ccc(O)c(CNCC2(NC(=O)OC(C)(C)C)CCC2)n1. The molecular weight excluding hydrogens is 294 g/mol. The lowest BCUT2D eigenvalue weighted by molar-refractivity contribution is 0.0382. The van der Waals surface area contributed by atoms with Gasteiger partial charge in [-0.3, -0.25) is 4.98 Å². The van der Waals surface area contributed by atoms with Gasteiger partial charge in [-0.25, -0.2) is 4.79 Å². The average molecular weight is 321 g/mol. The van der Waals surface area contributed by atoms with Crippen molar-refractivity contribution in [2.75, 3.05) is 6.54 Å². The molecule has 1 fully saturated rings. The fourth-order valence-electron chi connectivity index (χ4n) is 2.62. The summed E-state index contributed by atoms with van der Waals surface area (Å²) in [6.07, 6.45) is 2.56. The van der Waals surface area contributed by atoms with Gasteiger partial charge in [0.25, 0.3) is 0 Å². The normalized spacial score (nSPS) is 16.5. The molecule has 0 radical (unpaired) electrons. The predicted molar refractivity (Wildman–Crippen MR) is 88.3 cm³/mol. The molecule has 0 aliphatic heterocycles. The molecule has 0 unspecified atom stereocenters. The molecule has 2 rings (SSSR count). The first-order valence-corrected chi connectivity index (χ1v) is 8.07. The van der Waals surface area contributed by atoms with Crippen LogP contribution < -0.4 is 10.6 Å². The van der Waals surface area contributed by atoms with Gasteiger partial charge in [-0.1, -0.05) is 0 Å². The van der Waals surface area contributed by atoms with Gasteiger partial charge in [0.1, 0.15) is 11.4 Å². The first-order valence-electron chi connectivity index (χ1n) is 8.07. The Morgan fingerprint density at radius 1 is 1.39 bits per heavy atom. The van der Waals surface area contributed by atoms with Crippen LogP contribution in [0.15, 0.2) is 12.1 Å². The fraction of sp³-hybridized carbons (Fsp3) is 0.647. The zero-order valence-electron chi connectivity index (χ0n) is 14.4. The number of alkyl carbamates (subject to hydrolysis) is 1. The molecule has 6 nitrogen and oxygen atoms in total. The van der Waals surface area contributed by atoms with Crippen molar-refractivity contribution < 1.29 is 14.6 Å². The van der Waals surface area contributed by atoms with Gasteiger partial charge in [-0.05, 0) is 59.1 Å². The Morgan fingerprint density at radius 2 is 2.09 bits per heavy atom. The maximum absolute atomic E-state index is 12.0. The van der Waals surface area contributed by atoms with Gasteiger partial charge in [0, 0.05) is 18.8 Å². The van der Waals surface area contributed by atoms with Crippen LogP contribution in [0.25, 0.3) is 0 Å². The lowest BCUT2D eigenvalue weighted by Crippen LogP contribution is -2.59. The third-order valence-corrected chi connectivity index (χ3v) is 3.92. The van der Waals surface area contributed by atoms with E-state index in [1.807, 2.05) is 27.7 Å². The lowest BCUT2D eigenvalue weighted by atomic mass is 9.76. The number of nitrogens with zero attached hydrogens (tertiary/aromatic N) is 1. The van der Waals surface area contributed by atoms with E-state index < -0.39 is 5.60 Å². The van der Waals surface area contributed by atoms with Gasteiger partial charge in [0.15, 0.2) is 0 Å². The average Bonchev–Trinajstić information content (AvgIpc) is 2.37. The molecule has 0 saturated heterocycles. The fourth-order valence-corrected chi connectivity index (χ4v) is 2.62. The number of aromatic hydroxyl groups is 1. The van der Waals surface area contributed by atoms with Crippen LogP contribution in [-0.2, 0) is 11.3 Å². The highest BCUT2D eigenvalue weighted by Gasteiger charge is 2.39. The summed E-state index contributed by atoms with van der Waals surface area (Å²) >= 11 is 0. The van der Waals surface area contributed by atoms with Crippen LogP contribution in [0.5, 0.6) is 5.75 Å². The number of carbonyl (C=O) groups excluding carboxylic acids is 1. The van der Waals surface area contributed by atoms with Gasteiger partial charge in [-0.2, -0.15) is 0 Å². The molecule has 1 aliphatic carbocycles. The topological polar surface area (TPSA) is 83.5 Å². The maximum Gasteiger partial charge on any atom is 0.408 e. The summed E-state index contributed by atoms with van der Waals surface area (Å²) in [6.45, 7) is 8.53. The van der Waals surface area contributed by atoms with Crippen LogP contribution in [0.1, 0.15) is 51.4 Å². The van der Waals surface area contributed by atoms with Gasteiger partial charge in [0.2, 0.25) is 0 Å². The molecule has 128 valence electrons. The molecule has 0 atom stereocenters. The van der Waals surface area contributed by atoms with Crippen molar-refractivity contribution in [1.29, 1.82) is 0 Å².